The summed E-state index contributed by atoms with van der Waals surface area (Å²) in [6.45, 7) is 4.36. The van der Waals surface area contributed by atoms with Gasteiger partial charge in [-0.3, -0.25) is 0 Å². The fourth-order valence-electron chi connectivity index (χ4n) is 2.91. The van der Waals surface area contributed by atoms with Gasteiger partial charge in [-0.1, -0.05) is 35.9 Å². The van der Waals surface area contributed by atoms with Crippen molar-refractivity contribution in [2.24, 2.45) is 0 Å². The molecule has 8 heteroatoms. The lowest BCUT2D eigenvalue weighted by molar-refractivity contribution is -0.921. The zero-order chi connectivity index (χ0) is 18.6. The Kier molecular flexibility index (Phi) is 6.26. The van der Waals surface area contributed by atoms with Crippen molar-refractivity contribution >= 4 is 21.6 Å². The number of hydrogen-bond acceptors (Lipinski definition) is 3. The van der Waals surface area contributed by atoms with Crippen molar-refractivity contribution in [2.75, 3.05) is 26.3 Å². The van der Waals surface area contributed by atoms with E-state index in [1.54, 1.807) is 0 Å². The minimum absolute atomic E-state index is 0.0554. The first-order valence-corrected chi connectivity index (χ1v) is 10.2. The Morgan fingerprint density at radius 3 is 2.50 bits per heavy atom. The lowest BCUT2D eigenvalue weighted by Crippen LogP contribution is -3.12. The molecule has 0 aromatic heterocycles. The van der Waals surface area contributed by atoms with Gasteiger partial charge in [0.2, 0.25) is 10.0 Å². The second kappa shape index (κ2) is 8.45. The molecule has 1 saturated heterocycles. The first kappa shape index (κ1) is 19.3. The van der Waals surface area contributed by atoms with Gasteiger partial charge in [0, 0.05) is 12.1 Å². The number of ether oxygens (including phenoxy) is 1. The van der Waals surface area contributed by atoms with E-state index in [1.165, 1.54) is 11.0 Å². The number of halogens is 2. The third-order valence-electron chi connectivity index (χ3n) is 4.41. The molecule has 1 aliphatic heterocycles. The molecule has 2 N–H and O–H groups in total. The fourth-order valence-corrected chi connectivity index (χ4v) is 4.19. The van der Waals surface area contributed by atoms with Crippen molar-refractivity contribution in [3.8, 4) is 0 Å². The molecule has 1 fully saturated rings. The summed E-state index contributed by atoms with van der Waals surface area (Å²) in [5, 5.41) is -0.218. The summed E-state index contributed by atoms with van der Waals surface area (Å²) in [4.78, 5) is 1.36. The largest absolute Gasteiger partial charge is 0.370 e. The maximum atomic E-state index is 13.3. The van der Waals surface area contributed by atoms with E-state index in [9.17, 15) is 12.8 Å². The van der Waals surface area contributed by atoms with Crippen LogP contribution >= 0.6 is 11.6 Å². The van der Waals surface area contributed by atoms with Gasteiger partial charge in [-0.05, 0) is 23.8 Å². The van der Waals surface area contributed by atoms with Crippen molar-refractivity contribution in [2.45, 2.75) is 18.0 Å². The van der Waals surface area contributed by atoms with Crippen LogP contribution in [0.3, 0.4) is 0 Å². The first-order chi connectivity index (χ1) is 12.5. The van der Waals surface area contributed by atoms with Crippen LogP contribution in [0, 0.1) is 5.82 Å². The summed E-state index contributed by atoms with van der Waals surface area (Å²) in [6, 6.07) is 11.1. The fraction of sp³-hybridized carbons (Fsp3) is 0.333. The Morgan fingerprint density at radius 2 is 1.81 bits per heavy atom. The van der Waals surface area contributed by atoms with Crippen LogP contribution in [0.5, 0.6) is 0 Å². The average molecular weight is 400 g/mol. The molecule has 1 aliphatic rings. The summed E-state index contributed by atoms with van der Waals surface area (Å²) < 4.78 is 46.1. The molecule has 0 amide bonds. The van der Waals surface area contributed by atoms with Gasteiger partial charge in [-0.25, -0.2) is 17.5 Å². The number of sulfonamides is 1. The van der Waals surface area contributed by atoms with Crippen molar-refractivity contribution in [3.63, 3.8) is 0 Å². The van der Waals surface area contributed by atoms with Gasteiger partial charge < -0.3 is 9.64 Å². The Hall–Kier alpha value is -1.51. The molecule has 26 heavy (non-hydrogen) atoms. The van der Waals surface area contributed by atoms with E-state index < -0.39 is 15.8 Å². The zero-order valence-electron chi connectivity index (χ0n) is 14.2. The third kappa shape index (κ3) is 4.81. The summed E-state index contributed by atoms with van der Waals surface area (Å²) in [6.07, 6.45) is 0. The molecule has 5 nitrogen and oxygen atoms in total. The second-order valence-corrected chi connectivity index (χ2v) is 8.38. The number of morpholine rings is 1. The van der Waals surface area contributed by atoms with Crippen molar-refractivity contribution in [3.05, 3.63) is 64.4 Å². The molecule has 140 valence electrons. The highest BCUT2D eigenvalue weighted by Crippen LogP contribution is 2.19. The number of nitrogens with one attached hydrogen (secondary N) is 2. The van der Waals surface area contributed by atoms with E-state index in [-0.39, 0.29) is 16.5 Å². The number of hydrogen-bond donors (Lipinski definition) is 2. The molecular formula is C18H21ClFN2O3S+. The average Bonchev–Trinajstić information content (AvgIpc) is 2.64. The van der Waals surface area contributed by atoms with Gasteiger partial charge in [0.25, 0.3) is 0 Å². The van der Waals surface area contributed by atoms with Gasteiger partial charge in [-0.2, -0.15) is 0 Å². The minimum Gasteiger partial charge on any atom is -0.370 e. The van der Waals surface area contributed by atoms with E-state index >= 15 is 0 Å². The van der Waals surface area contributed by atoms with E-state index in [4.69, 9.17) is 16.3 Å². The lowest BCUT2D eigenvalue weighted by Gasteiger charge is -2.24. The van der Waals surface area contributed by atoms with E-state index in [0.29, 0.717) is 0 Å². The Bertz CT molecular complexity index is 870. The van der Waals surface area contributed by atoms with Crippen molar-refractivity contribution in [1.29, 1.82) is 0 Å². The molecular weight excluding hydrogens is 379 g/mol. The SMILES string of the molecule is O=S(=O)(NCc1ccccc1C[NH+]1CCOCC1)c1ccc(F)c(Cl)c1. The van der Waals surface area contributed by atoms with E-state index in [1.807, 2.05) is 24.3 Å². The summed E-state index contributed by atoms with van der Waals surface area (Å²) in [5.41, 5.74) is 2.02. The number of benzene rings is 2. The van der Waals surface area contributed by atoms with Crippen molar-refractivity contribution < 1.29 is 22.4 Å². The van der Waals surface area contributed by atoms with Crippen molar-refractivity contribution in [1.82, 2.24) is 4.72 Å². The number of quaternary nitrogens is 1. The molecule has 2 aromatic carbocycles. The quantitative estimate of drug-likeness (QED) is 0.771. The second-order valence-electron chi connectivity index (χ2n) is 6.21. The smallest absolute Gasteiger partial charge is 0.240 e. The van der Waals surface area contributed by atoms with Crippen LogP contribution in [0.25, 0.3) is 0 Å². The molecule has 0 bridgehead atoms. The molecule has 0 unspecified atom stereocenters. The van der Waals surface area contributed by atoms with Gasteiger partial charge in [0.05, 0.1) is 23.1 Å². The maximum Gasteiger partial charge on any atom is 0.240 e. The summed E-state index contributed by atoms with van der Waals surface area (Å²) in [7, 11) is -3.78. The molecule has 0 aliphatic carbocycles. The van der Waals surface area contributed by atoms with Crippen LogP contribution in [0.4, 0.5) is 4.39 Å². The molecule has 0 spiro atoms. The third-order valence-corrected chi connectivity index (χ3v) is 6.10. The van der Waals surface area contributed by atoms with Crippen LogP contribution in [-0.4, -0.2) is 34.7 Å². The van der Waals surface area contributed by atoms with Gasteiger partial charge >= 0.3 is 0 Å². The molecule has 3 rings (SSSR count). The normalized spacial score (nSPS) is 15.9. The minimum atomic E-state index is -3.78. The highest BCUT2D eigenvalue weighted by atomic mass is 35.5. The predicted molar refractivity (Wildman–Crippen MR) is 97.1 cm³/mol. The van der Waals surface area contributed by atoms with Gasteiger partial charge in [0.1, 0.15) is 25.5 Å². The molecule has 0 atom stereocenters. The van der Waals surface area contributed by atoms with Crippen LogP contribution in [0.2, 0.25) is 5.02 Å². The lowest BCUT2D eigenvalue weighted by atomic mass is 10.1. The van der Waals surface area contributed by atoms with E-state index in [2.05, 4.69) is 4.72 Å². The first-order valence-electron chi connectivity index (χ1n) is 8.38. The van der Waals surface area contributed by atoms with Gasteiger partial charge in [0.15, 0.2) is 0 Å². The summed E-state index contributed by atoms with van der Waals surface area (Å²) in [5.74, 6) is -0.649. The number of rotatable bonds is 6. The van der Waals surface area contributed by atoms with Crippen LogP contribution in [0.1, 0.15) is 11.1 Å². The maximum absolute atomic E-state index is 13.3. The van der Waals surface area contributed by atoms with Crippen LogP contribution in [0.15, 0.2) is 47.4 Å². The Morgan fingerprint density at radius 1 is 1.12 bits per heavy atom. The molecule has 0 radical (unpaired) electrons. The zero-order valence-corrected chi connectivity index (χ0v) is 15.7. The highest BCUT2D eigenvalue weighted by Gasteiger charge is 2.19. The molecule has 1 heterocycles. The topological polar surface area (TPSA) is 59.8 Å². The predicted octanol–water partition coefficient (Wildman–Crippen LogP) is 1.37. The standard InChI is InChI=1S/C18H20ClFN2O3S/c19-17-11-16(5-6-18(17)20)26(23,24)21-12-14-3-1-2-4-15(14)13-22-7-9-25-10-8-22/h1-6,11,21H,7-10,12-13H2/p+1. The molecule has 2 aromatic rings. The Balaban J connectivity index is 1.71. The monoisotopic (exact) mass is 399 g/mol. The summed E-state index contributed by atoms with van der Waals surface area (Å²) >= 11 is 5.69. The van der Waals surface area contributed by atoms with Gasteiger partial charge in [-0.15, -0.1) is 0 Å². The van der Waals surface area contributed by atoms with E-state index in [0.717, 1.165) is 56.1 Å². The highest BCUT2D eigenvalue weighted by molar-refractivity contribution is 7.89. The van der Waals surface area contributed by atoms with Crippen LogP contribution in [-0.2, 0) is 27.8 Å². The Labute approximate surface area is 157 Å². The molecule has 0 saturated carbocycles. The van der Waals surface area contributed by atoms with Crippen LogP contribution < -0.4 is 9.62 Å².